The van der Waals surface area contributed by atoms with Crippen LogP contribution in [0.25, 0.3) is 0 Å². The van der Waals surface area contributed by atoms with Gasteiger partial charge >= 0.3 is 50.9 Å². The van der Waals surface area contributed by atoms with Gasteiger partial charge in [0.05, 0.1) is 0 Å². The predicted molar refractivity (Wildman–Crippen MR) is 144 cm³/mol. The van der Waals surface area contributed by atoms with Gasteiger partial charge in [0.1, 0.15) is 73.5 Å². The maximum Gasteiger partial charge on any atom is 0.475 e. The number of hydrogen-bond donors (Lipinski definition) is 11. The van der Waals surface area contributed by atoms with Gasteiger partial charge in [0.15, 0.2) is 19.3 Å². The Morgan fingerprint density at radius 1 is 0.312 bits per heavy atom. The average Bonchev–Trinajstić information content (AvgIpc) is 3.15. The molecule has 0 aromatic heterocycles. The monoisotopic (exact) mass is 964 g/mol. The van der Waals surface area contributed by atoms with Crippen molar-refractivity contribution in [1.82, 2.24) is 0 Å². The van der Waals surface area contributed by atoms with E-state index >= 15 is 0 Å². The minimum atomic E-state index is -2.85. The predicted octanol–water partition coefficient (Wildman–Crippen LogP) is -6.50. The van der Waals surface area contributed by atoms with Crippen LogP contribution in [0.5, 0.6) is 0 Å². The first-order chi connectivity index (χ1) is 29.9. The highest BCUT2D eigenvalue weighted by Crippen LogP contribution is 2.37. The average molecular weight is 964 g/mol. The molecule has 3 saturated heterocycles. The highest BCUT2D eigenvalue weighted by Gasteiger charge is 2.66. The van der Waals surface area contributed by atoms with Crippen molar-refractivity contribution < 1.29 is 180 Å². The molecule has 11 N–H and O–H groups in total. The summed E-state index contributed by atoms with van der Waals surface area (Å²) in [6.07, 6.45) is -39.2. The van der Waals surface area contributed by atoms with Gasteiger partial charge in [-0.25, -0.2) is 52.1 Å². The smallest absolute Gasteiger partial charge is 0.365 e. The van der Waals surface area contributed by atoms with Gasteiger partial charge in [0.25, 0.3) is 42.7 Å². The summed E-state index contributed by atoms with van der Waals surface area (Å²) in [5.74, 6) is 0. The first-order valence-corrected chi connectivity index (χ1v) is 16.0. The molecule has 0 saturated carbocycles. The zero-order valence-corrected chi connectivity index (χ0v) is 30.4. The number of hydrogen-bond acceptors (Lipinski definition) is 26. The zero-order valence-electron chi connectivity index (χ0n) is 30.4. The summed E-state index contributed by atoms with van der Waals surface area (Å²) in [6, 6.07) is 0. The first kappa shape index (κ1) is 50.1. The van der Waals surface area contributed by atoms with Crippen LogP contribution in [0.4, 0.5) is 0 Å². The van der Waals surface area contributed by atoms with Crippen molar-refractivity contribution in [1.29, 1.82) is 0 Å². The molecule has 0 aromatic carbocycles. The maximum absolute atomic E-state index is 12.1. The SMILES string of the molecule is O=[N+](O)OC[C@H]1O[C@@H](O)[C@H](O[N+](=O)O)[C@@H](O[N+](=O)O)[C@@H]1O[C@@H]1O[C@H](CO[N+](=O)O)[C@@H](O[C@@H]2O[C@H](CO[N+](=O)O)[C@@H](O[N+](=O)O)[C@H](O[N+](=O)O)[C@H]2O[N+](=O)O)[C@H](O[N+](=O)O)[C@H]1O[N+](=O)O. The molecule has 3 aliphatic heterocycles. The van der Waals surface area contributed by atoms with Crippen LogP contribution >= 0.6 is 0 Å². The van der Waals surface area contributed by atoms with Gasteiger partial charge < -0.3 is 28.8 Å². The number of aliphatic hydroxyl groups excluding tert-OH is 1. The van der Waals surface area contributed by atoms with Gasteiger partial charge in [0.2, 0.25) is 25.5 Å². The van der Waals surface area contributed by atoms with Crippen molar-refractivity contribution in [2.24, 2.45) is 0 Å². The van der Waals surface area contributed by atoms with E-state index in [1.807, 2.05) is 0 Å². The molecule has 0 unspecified atom stereocenters. The van der Waals surface area contributed by atoms with Crippen molar-refractivity contribution in [2.75, 3.05) is 19.8 Å². The molecule has 3 rings (SSSR count). The summed E-state index contributed by atoms with van der Waals surface area (Å²) in [6.45, 7) is -4.32. The fourth-order valence-corrected chi connectivity index (χ4v) is 5.88. The van der Waals surface area contributed by atoms with E-state index in [1.165, 1.54) is 0 Å². The molecule has 0 spiro atoms. The van der Waals surface area contributed by atoms with Crippen molar-refractivity contribution in [3.05, 3.63) is 49.1 Å². The van der Waals surface area contributed by atoms with E-state index < -0.39 is 163 Å². The minimum Gasteiger partial charge on any atom is -0.365 e. The van der Waals surface area contributed by atoms with Crippen molar-refractivity contribution in [3.8, 4) is 0 Å². The third-order valence-corrected chi connectivity index (χ3v) is 7.91. The third-order valence-electron chi connectivity index (χ3n) is 7.91. The molecule has 360 valence electrons. The number of aliphatic hydroxyl groups is 1. The lowest BCUT2D eigenvalue weighted by Gasteiger charge is -2.44. The Labute approximate surface area is 341 Å². The lowest BCUT2D eigenvalue weighted by Crippen LogP contribution is -2.69. The Hall–Kier alpha value is -8.24. The first-order valence-electron chi connectivity index (χ1n) is 16.0. The highest BCUT2D eigenvalue weighted by atomic mass is 17.0. The van der Waals surface area contributed by atoms with E-state index in [0.717, 1.165) is 0 Å². The fraction of sp³-hybridized carbons (Fsp3) is 1.00. The Balaban J connectivity index is 2.28. The van der Waals surface area contributed by atoms with Crippen LogP contribution < -0.4 is 0 Å². The second-order valence-corrected chi connectivity index (χ2v) is 11.6. The van der Waals surface area contributed by atoms with E-state index in [4.69, 9.17) is 39.3 Å². The fourth-order valence-electron chi connectivity index (χ4n) is 5.88. The topological polar surface area (TPSA) is 562 Å². The quantitative estimate of drug-likeness (QED) is 0.0341. The molecule has 15 atom stereocenters. The van der Waals surface area contributed by atoms with Crippen LogP contribution in [0.2, 0.25) is 0 Å². The van der Waals surface area contributed by atoms with Gasteiger partial charge in [0, 0.05) is 0 Å². The molecular weight excluding hydrogens is 932 g/mol. The van der Waals surface area contributed by atoms with Crippen molar-refractivity contribution >= 4 is 0 Å². The second kappa shape index (κ2) is 22.0. The minimum absolute atomic E-state index is 1.24. The highest BCUT2D eigenvalue weighted by molar-refractivity contribution is 4.98. The largest absolute Gasteiger partial charge is 0.475 e. The molecule has 0 bridgehead atoms. The molecule has 0 amide bonds. The molecule has 0 radical (unpaired) electrons. The molecular formula is C18H32N10O36+10. The molecule has 3 fully saturated rings. The standard InChI is InChI=1S/C18H32N10O36/c29-16-13(62-26(44)45)10(59-23(38)39)7(4(53-16)1-50-19(30)31)56-17-14(63-27(46)47)11(60-24(40)41)8(5(54-17)2-51-20(32)33)57-18-15(64-28(48)49)12(61-25(42)43)9(58-22(36)37)6(55-18)3-52-21(34)35/h4-18,29H,1-3H2,(H,30,31)(H,32,33)(H,34,35)(H,36,37)(H,38,39)(H,40,41)(H,42,43)(H,44,45)(H,46,47)(H,48,49)/q+10/t4-,5-,6-,7-,8-,9-,10+,11+,12+,13-,14-,15-,16-,17+,18+/m1/s1. The summed E-state index contributed by atoms with van der Waals surface area (Å²) in [7, 11) is 0. The molecule has 46 heteroatoms. The summed E-state index contributed by atoms with van der Waals surface area (Å²) < 4.78 is 27.1. The molecule has 3 heterocycles. The van der Waals surface area contributed by atoms with E-state index in [9.17, 15) is 90.6 Å². The molecule has 64 heavy (non-hydrogen) atoms. The summed E-state index contributed by atoms with van der Waals surface area (Å²) >= 11 is 0. The van der Waals surface area contributed by atoms with Crippen LogP contribution in [0.15, 0.2) is 0 Å². The number of nitrogens with zero attached hydrogens (tertiary/aromatic N) is 10. The molecule has 3 aliphatic rings. The van der Waals surface area contributed by atoms with Crippen molar-refractivity contribution in [3.63, 3.8) is 0 Å². The van der Waals surface area contributed by atoms with Gasteiger partial charge in [-0.1, -0.05) is 0 Å². The third kappa shape index (κ3) is 14.2. The van der Waals surface area contributed by atoms with Gasteiger partial charge in [-0.3, -0.25) is 0 Å². The number of rotatable bonds is 27. The molecule has 0 aromatic rings. The van der Waals surface area contributed by atoms with Gasteiger partial charge in [-0.2, -0.15) is 48.4 Å². The van der Waals surface area contributed by atoms with Crippen LogP contribution in [0, 0.1) is 49.1 Å². The van der Waals surface area contributed by atoms with Crippen LogP contribution in [-0.2, 0) is 72.1 Å². The summed E-state index contributed by atoms with van der Waals surface area (Å²) in [4.78, 5) is 160. The van der Waals surface area contributed by atoms with Crippen molar-refractivity contribution in [2.45, 2.75) is 92.1 Å². The van der Waals surface area contributed by atoms with E-state index in [1.54, 1.807) is 0 Å². The second-order valence-electron chi connectivity index (χ2n) is 11.6. The normalized spacial score (nSPS) is 32.1. The lowest BCUT2D eigenvalue weighted by molar-refractivity contribution is -1.01. The Kier molecular flexibility index (Phi) is 17.3. The van der Waals surface area contributed by atoms with Gasteiger partial charge in [-0.05, 0) is 0 Å². The van der Waals surface area contributed by atoms with Crippen LogP contribution in [0.3, 0.4) is 0 Å². The Morgan fingerprint density at radius 3 is 0.891 bits per heavy atom. The van der Waals surface area contributed by atoms with Gasteiger partial charge in [-0.15, -0.1) is 0 Å². The summed E-state index contributed by atoms with van der Waals surface area (Å²) in [5, 5.41) is 89.4. The number of ether oxygens (including phenoxy) is 5. The maximum atomic E-state index is 12.1. The molecule has 0 aliphatic carbocycles. The Morgan fingerprint density at radius 2 is 0.562 bits per heavy atom. The van der Waals surface area contributed by atoms with Crippen LogP contribution in [0.1, 0.15) is 0 Å². The molecule has 46 nitrogen and oxygen atoms in total. The van der Waals surface area contributed by atoms with E-state index in [-0.39, 0.29) is 0 Å². The zero-order chi connectivity index (χ0) is 48.2. The lowest BCUT2D eigenvalue weighted by atomic mass is 9.95. The Bertz CT molecular complexity index is 1760. The van der Waals surface area contributed by atoms with Crippen LogP contribution in [-0.4, -0.2) is 220 Å². The van der Waals surface area contributed by atoms with E-state index in [0.29, 0.717) is 0 Å². The van der Waals surface area contributed by atoms with E-state index in [2.05, 4.69) is 48.4 Å². The summed E-state index contributed by atoms with van der Waals surface area (Å²) in [5.41, 5.74) is 0.